The van der Waals surface area contributed by atoms with E-state index < -0.39 is 0 Å². The van der Waals surface area contributed by atoms with Crippen molar-refractivity contribution in [1.29, 1.82) is 0 Å². The van der Waals surface area contributed by atoms with Crippen molar-refractivity contribution in [3.8, 4) is 0 Å². The average molecular weight is 411 g/mol. The van der Waals surface area contributed by atoms with E-state index in [9.17, 15) is 9.59 Å². The van der Waals surface area contributed by atoms with Crippen LogP contribution in [0.2, 0.25) is 0 Å². The Labute approximate surface area is 176 Å². The Kier molecular flexibility index (Phi) is 7.47. The van der Waals surface area contributed by atoms with Gasteiger partial charge >= 0.3 is 5.97 Å². The number of amidine groups is 1. The number of amides is 1. The highest BCUT2D eigenvalue weighted by atomic mass is 32.2. The van der Waals surface area contributed by atoms with E-state index in [0.29, 0.717) is 23.8 Å². The molecule has 5 nitrogen and oxygen atoms in total. The smallest absolute Gasteiger partial charge is 0.338 e. The van der Waals surface area contributed by atoms with Gasteiger partial charge < -0.3 is 10.1 Å². The minimum atomic E-state index is -0.331. The van der Waals surface area contributed by atoms with E-state index in [4.69, 9.17) is 4.74 Å². The zero-order valence-corrected chi connectivity index (χ0v) is 17.6. The van der Waals surface area contributed by atoms with Gasteiger partial charge in [-0.1, -0.05) is 49.4 Å². The highest BCUT2D eigenvalue weighted by Gasteiger charge is 2.30. The number of ether oxygens (including phenoxy) is 1. The van der Waals surface area contributed by atoms with Crippen molar-refractivity contribution in [1.82, 2.24) is 5.32 Å². The number of benzene rings is 2. The molecule has 2 aromatic rings. The van der Waals surface area contributed by atoms with Gasteiger partial charge in [0.2, 0.25) is 5.91 Å². The van der Waals surface area contributed by atoms with Crippen LogP contribution in [-0.4, -0.2) is 28.9 Å². The fourth-order valence-corrected chi connectivity index (χ4v) is 4.06. The third kappa shape index (κ3) is 5.94. The Morgan fingerprint density at radius 2 is 1.76 bits per heavy atom. The Hall–Kier alpha value is -2.60. The van der Waals surface area contributed by atoms with Crippen LogP contribution < -0.4 is 5.32 Å². The second kappa shape index (κ2) is 10.3. The second-order valence-electron chi connectivity index (χ2n) is 6.90. The number of carbonyl (C=O) groups excluding carboxylic acids is 2. The molecule has 0 aromatic heterocycles. The number of esters is 1. The zero-order valence-electron chi connectivity index (χ0n) is 16.8. The standard InChI is InChI=1S/C23H26N2O3S/c1-3-5-6-16-9-13-19(14-10-16)24-23-25-21(26)20(29-23)15-17-7-11-18(12-8-17)22(27)28-4-2/h7-14,20H,3-6,15H2,1-2H3,(H,24,25,26)/t20-/m1/s1. The summed E-state index contributed by atoms with van der Waals surface area (Å²) in [4.78, 5) is 28.6. The molecule has 1 amide bonds. The summed E-state index contributed by atoms with van der Waals surface area (Å²) in [6.45, 7) is 4.32. The summed E-state index contributed by atoms with van der Waals surface area (Å²) in [5.41, 5.74) is 3.66. The molecule has 0 unspecified atom stereocenters. The van der Waals surface area contributed by atoms with Crippen molar-refractivity contribution < 1.29 is 14.3 Å². The maximum atomic E-state index is 12.3. The highest BCUT2D eigenvalue weighted by Crippen LogP contribution is 2.26. The number of nitrogens with one attached hydrogen (secondary N) is 1. The normalized spacial score (nSPS) is 17.4. The molecule has 152 valence electrons. The average Bonchev–Trinajstić information content (AvgIpc) is 3.07. The summed E-state index contributed by atoms with van der Waals surface area (Å²) in [7, 11) is 0. The van der Waals surface area contributed by atoms with E-state index in [1.54, 1.807) is 19.1 Å². The minimum absolute atomic E-state index is 0.0391. The molecule has 1 N–H and O–H groups in total. The van der Waals surface area contributed by atoms with Crippen molar-refractivity contribution in [2.45, 2.75) is 44.8 Å². The van der Waals surface area contributed by atoms with Gasteiger partial charge in [0, 0.05) is 0 Å². The van der Waals surface area contributed by atoms with Gasteiger partial charge in [0.1, 0.15) is 0 Å². The molecule has 0 radical (unpaired) electrons. The predicted molar refractivity (Wildman–Crippen MR) is 118 cm³/mol. The molecular formula is C23H26N2O3S. The van der Waals surface area contributed by atoms with Crippen molar-refractivity contribution >= 4 is 34.5 Å². The maximum Gasteiger partial charge on any atom is 0.338 e. The largest absolute Gasteiger partial charge is 0.462 e. The lowest BCUT2D eigenvalue weighted by Gasteiger charge is -2.07. The van der Waals surface area contributed by atoms with Gasteiger partial charge in [0.15, 0.2) is 5.17 Å². The van der Waals surface area contributed by atoms with E-state index in [0.717, 1.165) is 17.7 Å². The second-order valence-corrected chi connectivity index (χ2v) is 8.10. The summed E-state index contributed by atoms with van der Waals surface area (Å²) >= 11 is 1.44. The number of rotatable bonds is 8. The summed E-state index contributed by atoms with van der Waals surface area (Å²) in [6, 6.07) is 15.4. The predicted octanol–water partition coefficient (Wildman–Crippen LogP) is 4.67. The molecule has 1 aliphatic heterocycles. The molecule has 6 heteroatoms. The van der Waals surface area contributed by atoms with E-state index in [1.807, 2.05) is 24.3 Å². The highest BCUT2D eigenvalue weighted by molar-refractivity contribution is 8.15. The van der Waals surface area contributed by atoms with Crippen LogP contribution in [0.3, 0.4) is 0 Å². The summed E-state index contributed by atoms with van der Waals surface area (Å²) in [6.07, 6.45) is 4.02. The Morgan fingerprint density at radius 1 is 1.07 bits per heavy atom. The van der Waals surface area contributed by atoms with Crippen LogP contribution in [0.5, 0.6) is 0 Å². The van der Waals surface area contributed by atoms with Crippen LogP contribution in [0.25, 0.3) is 0 Å². The van der Waals surface area contributed by atoms with Gasteiger partial charge in [0.25, 0.3) is 0 Å². The Balaban J connectivity index is 1.60. The van der Waals surface area contributed by atoms with Gasteiger partial charge in [0.05, 0.1) is 23.1 Å². The molecule has 0 spiro atoms. The van der Waals surface area contributed by atoms with E-state index >= 15 is 0 Å². The minimum Gasteiger partial charge on any atom is -0.462 e. The first-order chi connectivity index (χ1) is 14.1. The van der Waals surface area contributed by atoms with Crippen molar-refractivity contribution in [2.24, 2.45) is 4.99 Å². The molecule has 0 bridgehead atoms. The van der Waals surface area contributed by atoms with Crippen molar-refractivity contribution in [3.63, 3.8) is 0 Å². The lowest BCUT2D eigenvalue weighted by atomic mass is 10.1. The zero-order chi connectivity index (χ0) is 20.6. The number of thioether (sulfide) groups is 1. The fraction of sp³-hybridized carbons (Fsp3) is 0.348. The lowest BCUT2D eigenvalue weighted by Crippen LogP contribution is -2.25. The quantitative estimate of drug-likeness (QED) is 0.642. The molecular weight excluding hydrogens is 384 g/mol. The number of carbonyl (C=O) groups is 2. The number of aryl methyl sites for hydroxylation is 1. The van der Waals surface area contributed by atoms with Gasteiger partial charge in [-0.05, 0) is 61.6 Å². The van der Waals surface area contributed by atoms with Crippen LogP contribution >= 0.6 is 11.8 Å². The monoisotopic (exact) mass is 410 g/mol. The van der Waals surface area contributed by atoms with E-state index in [1.165, 1.54) is 30.2 Å². The van der Waals surface area contributed by atoms with Crippen molar-refractivity contribution in [2.75, 3.05) is 6.61 Å². The van der Waals surface area contributed by atoms with Gasteiger partial charge in [-0.15, -0.1) is 0 Å². The van der Waals surface area contributed by atoms with E-state index in [-0.39, 0.29) is 17.1 Å². The molecule has 1 fully saturated rings. The van der Waals surface area contributed by atoms with Crippen LogP contribution in [0, 0.1) is 0 Å². The van der Waals surface area contributed by atoms with Gasteiger partial charge in [-0.2, -0.15) is 0 Å². The molecule has 29 heavy (non-hydrogen) atoms. The summed E-state index contributed by atoms with van der Waals surface area (Å²) in [5.74, 6) is -0.370. The van der Waals surface area contributed by atoms with Gasteiger partial charge in [-0.25, -0.2) is 9.79 Å². The molecule has 1 heterocycles. The first-order valence-electron chi connectivity index (χ1n) is 10.00. The van der Waals surface area contributed by atoms with Crippen LogP contribution in [0.1, 0.15) is 48.2 Å². The summed E-state index contributed by atoms with van der Waals surface area (Å²) < 4.78 is 4.99. The van der Waals surface area contributed by atoms with Crippen LogP contribution in [0.4, 0.5) is 5.69 Å². The SMILES string of the molecule is CCCCc1ccc(N=C2NC(=O)[C@@H](Cc3ccc(C(=O)OCC)cc3)S2)cc1. The number of unbranched alkanes of at least 4 members (excludes halogenated alkanes) is 1. The Morgan fingerprint density at radius 3 is 2.41 bits per heavy atom. The van der Waals surface area contributed by atoms with Gasteiger partial charge in [-0.3, -0.25) is 4.79 Å². The fourth-order valence-electron chi connectivity index (χ4n) is 3.03. The molecule has 1 atom stereocenters. The molecule has 0 saturated carbocycles. The number of hydrogen-bond acceptors (Lipinski definition) is 5. The summed E-state index contributed by atoms with van der Waals surface area (Å²) in [5, 5.41) is 3.27. The first-order valence-corrected chi connectivity index (χ1v) is 10.9. The molecule has 1 aliphatic rings. The third-order valence-electron chi connectivity index (χ3n) is 4.65. The van der Waals surface area contributed by atoms with Crippen molar-refractivity contribution in [3.05, 3.63) is 65.2 Å². The lowest BCUT2D eigenvalue weighted by molar-refractivity contribution is -0.118. The number of aliphatic imine (C=N–C) groups is 1. The first kappa shape index (κ1) is 21.1. The number of nitrogens with zero attached hydrogens (tertiary/aromatic N) is 1. The topological polar surface area (TPSA) is 67.8 Å². The van der Waals surface area contributed by atoms with Crippen LogP contribution in [0.15, 0.2) is 53.5 Å². The molecule has 0 aliphatic carbocycles. The third-order valence-corrected chi connectivity index (χ3v) is 5.73. The van der Waals surface area contributed by atoms with E-state index in [2.05, 4.69) is 29.4 Å². The van der Waals surface area contributed by atoms with Crippen LogP contribution in [-0.2, 0) is 22.4 Å². The molecule has 1 saturated heterocycles. The maximum absolute atomic E-state index is 12.3. The molecule has 3 rings (SSSR count). The Bertz CT molecular complexity index is 876. The molecule has 2 aromatic carbocycles. The number of hydrogen-bond donors (Lipinski definition) is 1.